The van der Waals surface area contributed by atoms with E-state index in [0.29, 0.717) is 12.8 Å². The van der Waals surface area contributed by atoms with Crippen LogP contribution in [0.15, 0.2) is 22.7 Å². The fraction of sp³-hybridized carbons (Fsp3) is 0.438. The molecule has 2 aromatic rings. The summed E-state index contributed by atoms with van der Waals surface area (Å²) in [6.07, 6.45) is 1.44. The zero-order valence-electron chi connectivity index (χ0n) is 14.7. The van der Waals surface area contributed by atoms with E-state index in [4.69, 9.17) is 4.74 Å². The number of aryl methyl sites for hydroxylation is 1. The third-order valence-corrected chi connectivity index (χ3v) is 7.10. The smallest absolute Gasteiger partial charge is 0.349 e. The number of sulfonamides is 1. The van der Waals surface area contributed by atoms with Gasteiger partial charge in [0, 0.05) is 6.54 Å². The molecule has 1 fully saturated rings. The Morgan fingerprint density at radius 2 is 2.22 bits per heavy atom. The molecule has 0 aliphatic carbocycles. The first kappa shape index (κ1) is 19.6. The van der Waals surface area contributed by atoms with E-state index in [-0.39, 0.29) is 34.4 Å². The normalized spacial score (nSPS) is 17.8. The molecule has 0 aromatic carbocycles. The molecule has 1 unspecified atom stereocenters. The molecule has 3 rings (SSSR count). The molecule has 1 aliphatic rings. The summed E-state index contributed by atoms with van der Waals surface area (Å²) in [6, 6.07) is 1.37. The summed E-state index contributed by atoms with van der Waals surface area (Å²) >= 11 is 0.999. The van der Waals surface area contributed by atoms with Crippen molar-refractivity contribution in [1.82, 2.24) is 14.3 Å². The first-order chi connectivity index (χ1) is 12.9. The molecule has 8 nitrogen and oxygen atoms in total. The van der Waals surface area contributed by atoms with Gasteiger partial charge < -0.3 is 9.47 Å². The van der Waals surface area contributed by atoms with Crippen molar-refractivity contribution in [3.63, 3.8) is 0 Å². The van der Waals surface area contributed by atoms with Crippen molar-refractivity contribution in [3.8, 4) is 5.88 Å². The maximum Gasteiger partial charge on any atom is 0.349 e. The van der Waals surface area contributed by atoms with E-state index in [2.05, 4.69) is 14.7 Å². The lowest BCUT2D eigenvalue weighted by Gasteiger charge is -2.17. The van der Waals surface area contributed by atoms with Crippen molar-refractivity contribution >= 4 is 27.3 Å². The van der Waals surface area contributed by atoms with Crippen LogP contribution in [0, 0.1) is 5.82 Å². The van der Waals surface area contributed by atoms with Gasteiger partial charge in [-0.05, 0) is 24.3 Å². The number of carbonyl (C=O) groups is 1. The number of rotatable bonds is 6. The topological polar surface area (TPSA) is 98.7 Å². The van der Waals surface area contributed by atoms with Crippen LogP contribution >= 0.6 is 11.3 Å². The molecule has 2 aromatic heterocycles. The van der Waals surface area contributed by atoms with E-state index >= 15 is 0 Å². The van der Waals surface area contributed by atoms with Crippen LogP contribution in [0.1, 0.15) is 28.7 Å². The van der Waals surface area contributed by atoms with Crippen molar-refractivity contribution in [2.24, 2.45) is 0 Å². The first-order valence-corrected chi connectivity index (χ1v) is 10.5. The van der Waals surface area contributed by atoms with Gasteiger partial charge in [-0.1, -0.05) is 6.92 Å². The lowest BCUT2D eigenvalue weighted by Crippen LogP contribution is -2.31. The Bertz CT molecular complexity index is 947. The van der Waals surface area contributed by atoms with Gasteiger partial charge >= 0.3 is 5.97 Å². The van der Waals surface area contributed by atoms with Crippen molar-refractivity contribution in [3.05, 3.63) is 34.2 Å². The van der Waals surface area contributed by atoms with Gasteiger partial charge in [-0.15, -0.1) is 11.3 Å². The number of ether oxygens (including phenoxy) is 2. The van der Waals surface area contributed by atoms with Gasteiger partial charge in [-0.2, -0.15) is 13.7 Å². The molecular weight excluding hydrogens is 397 g/mol. The number of aromatic nitrogens is 2. The second-order valence-corrected chi connectivity index (χ2v) is 8.61. The van der Waals surface area contributed by atoms with E-state index in [1.54, 1.807) is 6.92 Å². The van der Waals surface area contributed by atoms with E-state index in [1.807, 2.05) is 0 Å². The second-order valence-electron chi connectivity index (χ2n) is 5.79. The largest absolute Gasteiger partial charge is 0.471 e. The van der Waals surface area contributed by atoms with Crippen LogP contribution in [0.4, 0.5) is 4.39 Å². The minimum Gasteiger partial charge on any atom is -0.471 e. The molecule has 1 saturated heterocycles. The number of thiophene rings is 1. The minimum atomic E-state index is -3.89. The summed E-state index contributed by atoms with van der Waals surface area (Å²) in [5, 5.41) is 1.52. The molecule has 3 heterocycles. The Labute approximate surface area is 160 Å². The van der Waals surface area contributed by atoms with Gasteiger partial charge in [-0.25, -0.2) is 18.2 Å². The lowest BCUT2D eigenvalue weighted by atomic mass is 10.3. The Kier molecular flexibility index (Phi) is 5.72. The number of carbonyl (C=O) groups excluding carboxylic acids is 1. The fourth-order valence-electron chi connectivity index (χ4n) is 2.77. The van der Waals surface area contributed by atoms with Crippen LogP contribution in [0.3, 0.4) is 0 Å². The molecule has 1 aliphatic heterocycles. The molecule has 0 bridgehead atoms. The number of methoxy groups -OCH3 is 1. The highest BCUT2D eigenvalue weighted by Crippen LogP contribution is 2.29. The number of halogens is 1. The second kappa shape index (κ2) is 7.87. The number of esters is 1. The van der Waals surface area contributed by atoms with Crippen molar-refractivity contribution in [1.29, 1.82) is 0 Å². The summed E-state index contributed by atoms with van der Waals surface area (Å²) < 4.78 is 51.4. The van der Waals surface area contributed by atoms with Crippen LogP contribution in [0.5, 0.6) is 5.88 Å². The van der Waals surface area contributed by atoms with Crippen LogP contribution in [0.2, 0.25) is 0 Å². The van der Waals surface area contributed by atoms with E-state index in [9.17, 15) is 17.6 Å². The third-order valence-electron chi connectivity index (χ3n) is 4.17. The zero-order chi connectivity index (χ0) is 19.6. The molecule has 0 N–H and O–H groups in total. The lowest BCUT2D eigenvalue weighted by molar-refractivity contribution is 0.0602. The Hall–Kier alpha value is -2.11. The van der Waals surface area contributed by atoms with Crippen LogP contribution in [-0.4, -0.2) is 55.0 Å². The van der Waals surface area contributed by atoms with Crippen LogP contribution in [0.25, 0.3) is 0 Å². The summed E-state index contributed by atoms with van der Waals surface area (Å²) in [4.78, 5) is 19.4. The maximum absolute atomic E-state index is 14.2. The van der Waals surface area contributed by atoms with Crippen LogP contribution in [-0.2, 0) is 21.2 Å². The van der Waals surface area contributed by atoms with Crippen molar-refractivity contribution in [2.45, 2.75) is 30.8 Å². The van der Waals surface area contributed by atoms with Crippen molar-refractivity contribution in [2.75, 3.05) is 20.2 Å². The molecule has 0 radical (unpaired) electrons. The number of hydrogen-bond donors (Lipinski definition) is 0. The third kappa shape index (κ3) is 3.80. The molecule has 1 atom stereocenters. The van der Waals surface area contributed by atoms with Crippen molar-refractivity contribution < 1.29 is 27.1 Å². The van der Waals surface area contributed by atoms with Gasteiger partial charge in [0.15, 0.2) is 0 Å². The van der Waals surface area contributed by atoms with Gasteiger partial charge in [0.05, 0.1) is 19.3 Å². The molecule has 0 amide bonds. The minimum absolute atomic E-state index is 0.0244. The summed E-state index contributed by atoms with van der Waals surface area (Å²) in [5.74, 6) is -1.52. The SMILES string of the molecule is CCc1ncnc(OC2CCN(S(=O)(=O)c3ccsc3C(=O)OC)C2)c1F. The highest BCUT2D eigenvalue weighted by Gasteiger charge is 2.37. The standard InChI is InChI=1S/C16H18FN3O5S2/c1-3-11-13(17)15(19-9-18-11)25-10-4-6-20(8-10)27(22,23)12-5-7-26-14(12)16(21)24-2/h5,7,9-10H,3-4,6,8H2,1-2H3. The van der Waals surface area contributed by atoms with E-state index < -0.39 is 27.9 Å². The molecule has 11 heteroatoms. The number of hydrogen-bond acceptors (Lipinski definition) is 8. The van der Waals surface area contributed by atoms with Gasteiger partial charge in [-0.3, -0.25) is 0 Å². The first-order valence-electron chi connectivity index (χ1n) is 8.20. The predicted molar refractivity (Wildman–Crippen MR) is 94.8 cm³/mol. The molecule has 27 heavy (non-hydrogen) atoms. The molecule has 0 saturated carbocycles. The van der Waals surface area contributed by atoms with E-state index in [1.165, 1.54) is 29.2 Å². The summed E-state index contributed by atoms with van der Waals surface area (Å²) in [7, 11) is -2.70. The van der Waals surface area contributed by atoms with Gasteiger partial charge in [0.25, 0.3) is 5.88 Å². The highest BCUT2D eigenvalue weighted by atomic mass is 32.2. The summed E-state index contributed by atoms with van der Waals surface area (Å²) in [6.45, 7) is 1.99. The summed E-state index contributed by atoms with van der Waals surface area (Å²) in [5.41, 5.74) is 0.239. The predicted octanol–water partition coefficient (Wildman–Crippen LogP) is 1.87. The Morgan fingerprint density at radius 1 is 1.44 bits per heavy atom. The molecule has 146 valence electrons. The van der Waals surface area contributed by atoms with E-state index in [0.717, 1.165) is 11.3 Å². The zero-order valence-corrected chi connectivity index (χ0v) is 16.3. The molecular formula is C16H18FN3O5S2. The monoisotopic (exact) mass is 415 g/mol. The Balaban J connectivity index is 1.76. The highest BCUT2D eigenvalue weighted by molar-refractivity contribution is 7.89. The van der Waals surface area contributed by atoms with Gasteiger partial charge in [0.2, 0.25) is 15.8 Å². The fourth-order valence-corrected chi connectivity index (χ4v) is 5.56. The Morgan fingerprint density at radius 3 is 2.93 bits per heavy atom. The number of nitrogens with zero attached hydrogens (tertiary/aromatic N) is 3. The quantitative estimate of drug-likeness (QED) is 0.664. The average Bonchev–Trinajstić information content (AvgIpc) is 3.33. The average molecular weight is 415 g/mol. The van der Waals surface area contributed by atoms with Gasteiger partial charge in [0.1, 0.15) is 22.2 Å². The van der Waals surface area contributed by atoms with Crippen LogP contribution < -0.4 is 4.74 Å². The molecule has 0 spiro atoms. The maximum atomic E-state index is 14.2.